The molecule has 2 heterocycles. The second-order valence-corrected chi connectivity index (χ2v) is 5.41. The van der Waals surface area contributed by atoms with Gasteiger partial charge in [0.1, 0.15) is 17.6 Å². The molecule has 0 aliphatic heterocycles. The Hall–Kier alpha value is -1.82. The maximum absolute atomic E-state index is 10.5. The summed E-state index contributed by atoms with van der Waals surface area (Å²) >= 11 is 1.60. The van der Waals surface area contributed by atoms with E-state index in [2.05, 4.69) is 29.3 Å². The first kappa shape index (κ1) is 13.6. The molecule has 2 aromatic heterocycles. The summed E-state index contributed by atoms with van der Waals surface area (Å²) in [6.45, 7) is 4.61. The van der Waals surface area contributed by atoms with E-state index in [0.29, 0.717) is 12.5 Å². The van der Waals surface area contributed by atoms with Gasteiger partial charge in [-0.15, -0.1) is 11.3 Å². The van der Waals surface area contributed by atoms with Gasteiger partial charge in [0.25, 0.3) is 0 Å². The summed E-state index contributed by atoms with van der Waals surface area (Å²) in [5.74, 6) is -0.401. The van der Waals surface area contributed by atoms with Crippen LogP contribution in [-0.4, -0.2) is 21.2 Å². The molecule has 0 aliphatic carbocycles. The summed E-state index contributed by atoms with van der Waals surface area (Å²) in [4.78, 5) is 15.0. The lowest BCUT2D eigenvalue weighted by Crippen LogP contribution is -2.38. The van der Waals surface area contributed by atoms with Crippen molar-refractivity contribution >= 4 is 17.3 Å². The number of carboxylic acids is 1. The first-order valence-corrected chi connectivity index (χ1v) is 6.97. The van der Waals surface area contributed by atoms with E-state index in [4.69, 9.17) is 5.11 Å². The van der Waals surface area contributed by atoms with Crippen LogP contribution >= 0.6 is 11.3 Å². The molecule has 19 heavy (non-hydrogen) atoms. The molecule has 2 aromatic rings. The monoisotopic (exact) mass is 278 g/mol. The third kappa shape index (κ3) is 3.57. The quantitative estimate of drug-likeness (QED) is 0.850. The number of nitrogens with zero attached hydrogens (tertiary/aromatic N) is 3. The molecule has 0 aliphatic rings. The number of aliphatic carboxylic acids is 1. The van der Waals surface area contributed by atoms with E-state index < -0.39 is 5.97 Å². The minimum atomic E-state index is -0.820. The highest BCUT2D eigenvalue weighted by Gasteiger charge is 2.11. The van der Waals surface area contributed by atoms with Crippen molar-refractivity contribution in [2.75, 3.05) is 0 Å². The third-order valence-corrected chi connectivity index (χ3v) is 3.60. The van der Waals surface area contributed by atoms with Crippen molar-refractivity contribution in [3.05, 3.63) is 29.5 Å². The van der Waals surface area contributed by atoms with Crippen molar-refractivity contribution in [1.29, 1.82) is 0 Å². The predicted molar refractivity (Wildman–Crippen MR) is 71.9 cm³/mol. The molecule has 2 rings (SSSR count). The Bertz CT molecular complexity index is 564. The minimum absolute atomic E-state index is 0.0752. The van der Waals surface area contributed by atoms with Gasteiger partial charge in [-0.2, -0.15) is 0 Å². The standard InChI is InChI=1S/C13H15N3O2S/c1-9(2)11-8-19-13(15-11)10-3-5-16(14-7-10)6-4-12(17)18/h3,5,7-9H,4,6H2,1-2H3/p+1. The van der Waals surface area contributed by atoms with Crippen molar-refractivity contribution in [1.82, 2.24) is 10.1 Å². The Labute approximate surface area is 115 Å². The van der Waals surface area contributed by atoms with Gasteiger partial charge in [0, 0.05) is 17.0 Å². The molecule has 1 N–H and O–H groups in total. The van der Waals surface area contributed by atoms with E-state index in [1.54, 1.807) is 28.4 Å². The van der Waals surface area contributed by atoms with Crippen molar-refractivity contribution in [3.63, 3.8) is 0 Å². The average Bonchev–Trinajstić information content (AvgIpc) is 2.86. The molecular formula is C13H16N3O2S+. The fourth-order valence-electron chi connectivity index (χ4n) is 1.54. The summed E-state index contributed by atoms with van der Waals surface area (Å²) in [6, 6.07) is 1.91. The maximum Gasteiger partial charge on any atom is 0.309 e. The lowest BCUT2D eigenvalue weighted by molar-refractivity contribution is -0.752. The Balaban J connectivity index is 2.10. The summed E-state index contributed by atoms with van der Waals surface area (Å²) in [5.41, 5.74) is 2.05. The van der Waals surface area contributed by atoms with Gasteiger partial charge in [0.2, 0.25) is 0 Å². The fraction of sp³-hybridized carbons (Fsp3) is 0.385. The van der Waals surface area contributed by atoms with Crippen LogP contribution in [0, 0.1) is 0 Å². The first-order chi connectivity index (χ1) is 9.06. The van der Waals surface area contributed by atoms with Crippen molar-refractivity contribution in [2.24, 2.45) is 0 Å². The first-order valence-electron chi connectivity index (χ1n) is 6.09. The summed E-state index contributed by atoms with van der Waals surface area (Å²) < 4.78 is 1.62. The zero-order valence-corrected chi connectivity index (χ0v) is 11.7. The molecule has 0 saturated heterocycles. The molecule has 0 fully saturated rings. The number of aryl methyl sites for hydroxylation is 1. The predicted octanol–water partition coefficient (Wildman–Crippen LogP) is 2.09. The van der Waals surface area contributed by atoms with Crippen LogP contribution in [0.25, 0.3) is 10.6 Å². The number of rotatable bonds is 5. The van der Waals surface area contributed by atoms with Gasteiger partial charge in [-0.25, -0.2) is 4.98 Å². The number of carboxylic acid groups (broad SMARTS) is 1. The normalized spacial score (nSPS) is 10.9. The molecule has 0 spiro atoms. The van der Waals surface area contributed by atoms with E-state index in [-0.39, 0.29) is 6.42 Å². The van der Waals surface area contributed by atoms with Crippen LogP contribution in [0.4, 0.5) is 0 Å². The van der Waals surface area contributed by atoms with Crippen LogP contribution in [0.3, 0.4) is 0 Å². The molecule has 0 bridgehead atoms. The number of aromatic nitrogens is 3. The van der Waals surface area contributed by atoms with Gasteiger partial charge < -0.3 is 5.11 Å². The molecule has 0 radical (unpaired) electrons. The fourth-order valence-corrected chi connectivity index (χ4v) is 2.51. The van der Waals surface area contributed by atoms with Crippen LogP contribution < -0.4 is 4.68 Å². The van der Waals surface area contributed by atoms with Crippen molar-refractivity contribution in [2.45, 2.75) is 32.7 Å². The van der Waals surface area contributed by atoms with Crippen LogP contribution in [0.5, 0.6) is 0 Å². The minimum Gasteiger partial charge on any atom is -0.481 e. The Morgan fingerprint density at radius 1 is 1.53 bits per heavy atom. The Morgan fingerprint density at radius 3 is 2.84 bits per heavy atom. The lowest BCUT2D eigenvalue weighted by atomic mass is 10.2. The lowest BCUT2D eigenvalue weighted by Gasteiger charge is -1.97. The topological polar surface area (TPSA) is 67.0 Å². The van der Waals surface area contributed by atoms with Crippen LogP contribution in [0.15, 0.2) is 23.8 Å². The van der Waals surface area contributed by atoms with E-state index >= 15 is 0 Å². The smallest absolute Gasteiger partial charge is 0.309 e. The highest BCUT2D eigenvalue weighted by molar-refractivity contribution is 7.13. The third-order valence-electron chi connectivity index (χ3n) is 2.69. The Morgan fingerprint density at radius 2 is 2.32 bits per heavy atom. The highest BCUT2D eigenvalue weighted by atomic mass is 32.1. The van der Waals surface area contributed by atoms with Gasteiger partial charge in [0.15, 0.2) is 12.7 Å². The van der Waals surface area contributed by atoms with E-state index in [1.807, 2.05) is 6.07 Å². The zero-order chi connectivity index (χ0) is 13.8. The largest absolute Gasteiger partial charge is 0.481 e. The van der Waals surface area contributed by atoms with Crippen LogP contribution in [-0.2, 0) is 11.3 Å². The van der Waals surface area contributed by atoms with Gasteiger partial charge >= 0.3 is 5.97 Å². The molecule has 100 valence electrons. The SMILES string of the molecule is CC(C)c1csc(-c2cc[n+](CCC(=O)O)nc2)n1. The number of hydrogen-bond acceptors (Lipinski definition) is 4. The van der Waals surface area contributed by atoms with E-state index in [9.17, 15) is 4.79 Å². The second-order valence-electron chi connectivity index (χ2n) is 4.55. The Kier molecular flexibility index (Phi) is 4.21. The van der Waals surface area contributed by atoms with E-state index in [1.165, 1.54) is 0 Å². The molecule has 0 aromatic carbocycles. The van der Waals surface area contributed by atoms with Crippen LogP contribution in [0.1, 0.15) is 31.9 Å². The van der Waals surface area contributed by atoms with Crippen LogP contribution in [0.2, 0.25) is 0 Å². The number of thiazole rings is 1. The van der Waals surface area contributed by atoms with Gasteiger partial charge in [-0.05, 0) is 11.0 Å². The number of carbonyl (C=O) groups is 1. The maximum atomic E-state index is 10.5. The number of hydrogen-bond donors (Lipinski definition) is 1. The van der Waals surface area contributed by atoms with Crippen molar-refractivity contribution in [3.8, 4) is 10.6 Å². The van der Waals surface area contributed by atoms with Gasteiger partial charge in [0.05, 0.1) is 5.69 Å². The van der Waals surface area contributed by atoms with Crippen molar-refractivity contribution < 1.29 is 14.6 Å². The molecule has 0 saturated carbocycles. The molecule has 0 unspecified atom stereocenters. The molecule has 5 nitrogen and oxygen atoms in total. The summed E-state index contributed by atoms with van der Waals surface area (Å²) in [5, 5.41) is 15.8. The van der Waals surface area contributed by atoms with E-state index in [0.717, 1.165) is 16.3 Å². The molecule has 0 amide bonds. The van der Waals surface area contributed by atoms with Gasteiger partial charge in [-0.1, -0.05) is 18.5 Å². The highest BCUT2D eigenvalue weighted by Crippen LogP contribution is 2.25. The zero-order valence-electron chi connectivity index (χ0n) is 10.9. The summed E-state index contributed by atoms with van der Waals surface area (Å²) in [6.07, 6.45) is 3.59. The van der Waals surface area contributed by atoms with Gasteiger partial charge in [-0.3, -0.25) is 4.79 Å². The molecule has 0 atom stereocenters. The average molecular weight is 278 g/mol. The summed E-state index contributed by atoms with van der Waals surface area (Å²) in [7, 11) is 0. The molecule has 6 heteroatoms. The second kappa shape index (κ2) is 5.88. The molecular weight excluding hydrogens is 262 g/mol.